The minimum atomic E-state index is -3.92. The van der Waals surface area contributed by atoms with E-state index < -0.39 is 16.0 Å². The lowest BCUT2D eigenvalue weighted by Crippen LogP contribution is -2.16. The number of carboxylic acid groups (broad SMARTS) is 1. The Balaban J connectivity index is 1.87. The summed E-state index contributed by atoms with van der Waals surface area (Å²) in [6.07, 6.45) is 2.13. The van der Waals surface area contributed by atoms with Crippen LogP contribution in [0.5, 0.6) is 5.75 Å². The van der Waals surface area contributed by atoms with Crippen LogP contribution < -0.4 is 9.46 Å². The first-order valence-corrected chi connectivity index (χ1v) is 9.34. The van der Waals surface area contributed by atoms with Crippen LogP contribution in [0.25, 0.3) is 10.9 Å². The molecule has 2 aromatic carbocycles. The third-order valence-corrected chi connectivity index (χ3v) is 5.61. The molecule has 0 aliphatic carbocycles. The van der Waals surface area contributed by atoms with Crippen molar-refractivity contribution < 1.29 is 23.1 Å². The Kier molecular flexibility index (Phi) is 3.77. The number of hydrogen-bond acceptors (Lipinski definition) is 5. The molecule has 26 heavy (non-hydrogen) atoms. The minimum Gasteiger partial charge on any atom is -0.491 e. The molecule has 2 heterocycles. The number of carbonyl (C=O) groups is 1. The maximum absolute atomic E-state index is 12.6. The number of anilines is 1. The predicted molar refractivity (Wildman–Crippen MR) is 95.2 cm³/mol. The van der Waals surface area contributed by atoms with Gasteiger partial charge in [0.25, 0.3) is 10.0 Å². The molecule has 0 amide bonds. The van der Waals surface area contributed by atoms with Gasteiger partial charge in [-0.25, -0.2) is 13.2 Å². The normalized spacial score (nSPS) is 13.2. The summed E-state index contributed by atoms with van der Waals surface area (Å²) in [4.78, 5) is 16.1. The molecule has 7 nitrogen and oxygen atoms in total. The van der Waals surface area contributed by atoms with Gasteiger partial charge in [0, 0.05) is 17.4 Å². The highest BCUT2D eigenvalue weighted by molar-refractivity contribution is 7.92. The molecule has 0 unspecified atom stereocenters. The molecule has 0 fully saturated rings. The van der Waals surface area contributed by atoms with Crippen LogP contribution in [0.3, 0.4) is 0 Å². The Labute approximate surface area is 149 Å². The summed E-state index contributed by atoms with van der Waals surface area (Å²) in [6.45, 7) is 0.515. The highest BCUT2D eigenvalue weighted by Gasteiger charge is 2.24. The average Bonchev–Trinajstić information content (AvgIpc) is 3.10. The summed E-state index contributed by atoms with van der Waals surface area (Å²) in [6, 6.07) is 10.9. The Morgan fingerprint density at radius 2 is 1.92 bits per heavy atom. The monoisotopic (exact) mass is 370 g/mol. The standard InChI is InChI=1S/C18H14N2O5S/c21-18(22)16-14(20-26(23,24)11-4-2-1-3-5-11)7-6-13-12-8-9-25-15(12)10-19-17(13)16/h1-7,10,20H,8-9H2,(H,21,22). The maximum Gasteiger partial charge on any atom is 0.340 e. The van der Waals surface area contributed by atoms with Crippen molar-refractivity contribution in [3.05, 3.63) is 59.8 Å². The van der Waals surface area contributed by atoms with Crippen molar-refractivity contribution in [2.24, 2.45) is 0 Å². The topological polar surface area (TPSA) is 106 Å². The van der Waals surface area contributed by atoms with Gasteiger partial charge in [0.1, 0.15) is 11.3 Å². The number of sulfonamides is 1. The van der Waals surface area contributed by atoms with Crippen molar-refractivity contribution in [2.45, 2.75) is 11.3 Å². The molecule has 0 radical (unpaired) electrons. The zero-order valence-corrected chi connectivity index (χ0v) is 14.3. The second kappa shape index (κ2) is 5.99. The number of hydrogen-bond donors (Lipinski definition) is 2. The van der Waals surface area contributed by atoms with E-state index in [1.165, 1.54) is 24.4 Å². The van der Waals surface area contributed by atoms with Crippen molar-refractivity contribution in [2.75, 3.05) is 11.3 Å². The average molecular weight is 370 g/mol. The maximum atomic E-state index is 12.6. The molecule has 0 atom stereocenters. The van der Waals surface area contributed by atoms with E-state index in [0.717, 1.165) is 5.56 Å². The van der Waals surface area contributed by atoms with E-state index in [0.29, 0.717) is 24.2 Å². The lowest BCUT2D eigenvalue weighted by molar-refractivity contribution is 0.0700. The fourth-order valence-corrected chi connectivity index (χ4v) is 4.15. The number of carboxylic acids is 1. The first kappa shape index (κ1) is 16.3. The summed E-state index contributed by atoms with van der Waals surface area (Å²) in [5.74, 6) is -0.626. The van der Waals surface area contributed by atoms with Crippen molar-refractivity contribution in [1.82, 2.24) is 4.98 Å². The third-order valence-electron chi connectivity index (χ3n) is 4.23. The number of ether oxygens (including phenoxy) is 1. The fraction of sp³-hybridized carbons (Fsp3) is 0.111. The molecule has 1 aliphatic heterocycles. The van der Waals surface area contributed by atoms with Gasteiger partial charge in [-0.15, -0.1) is 0 Å². The molecule has 2 N–H and O–H groups in total. The van der Waals surface area contributed by atoms with Crippen molar-refractivity contribution in [3.8, 4) is 5.75 Å². The summed E-state index contributed by atoms with van der Waals surface area (Å²) in [5.41, 5.74) is 0.905. The zero-order valence-electron chi connectivity index (χ0n) is 13.5. The number of pyridine rings is 1. The molecule has 0 spiro atoms. The molecule has 0 saturated carbocycles. The van der Waals surface area contributed by atoms with E-state index >= 15 is 0 Å². The predicted octanol–water partition coefficient (Wildman–Crippen LogP) is 2.67. The van der Waals surface area contributed by atoms with E-state index in [1.54, 1.807) is 24.3 Å². The van der Waals surface area contributed by atoms with Crippen LogP contribution in [0.2, 0.25) is 0 Å². The van der Waals surface area contributed by atoms with Gasteiger partial charge in [-0.05, 0) is 18.2 Å². The quantitative estimate of drug-likeness (QED) is 0.731. The van der Waals surface area contributed by atoms with Gasteiger partial charge >= 0.3 is 5.97 Å². The Morgan fingerprint density at radius 1 is 1.15 bits per heavy atom. The Bertz CT molecular complexity index is 1130. The van der Waals surface area contributed by atoms with Crippen LogP contribution in [0.4, 0.5) is 5.69 Å². The van der Waals surface area contributed by atoms with Gasteiger partial charge < -0.3 is 9.84 Å². The molecule has 8 heteroatoms. The molecule has 1 aliphatic rings. The number of aromatic carboxylic acids is 1. The highest BCUT2D eigenvalue weighted by Crippen LogP contribution is 2.35. The zero-order chi connectivity index (χ0) is 18.3. The van der Waals surface area contributed by atoms with E-state index in [2.05, 4.69) is 9.71 Å². The minimum absolute atomic E-state index is 0.0276. The second-order valence-corrected chi connectivity index (χ2v) is 7.49. The fourth-order valence-electron chi connectivity index (χ4n) is 3.05. The number of fused-ring (bicyclic) bond motifs is 3. The van der Waals surface area contributed by atoms with Gasteiger partial charge in [0.2, 0.25) is 0 Å². The molecule has 1 aromatic heterocycles. The van der Waals surface area contributed by atoms with Crippen LogP contribution in [-0.4, -0.2) is 31.1 Å². The number of benzene rings is 2. The molecule has 4 rings (SSSR count). The highest BCUT2D eigenvalue weighted by atomic mass is 32.2. The summed E-state index contributed by atoms with van der Waals surface area (Å²) in [5, 5.41) is 10.3. The molecule has 0 saturated heterocycles. The van der Waals surface area contributed by atoms with E-state index in [4.69, 9.17) is 4.74 Å². The van der Waals surface area contributed by atoms with Gasteiger partial charge in [0.05, 0.1) is 28.9 Å². The van der Waals surface area contributed by atoms with Crippen molar-refractivity contribution in [3.63, 3.8) is 0 Å². The van der Waals surface area contributed by atoms with Crippen LogP contribution in [-0.2, 0) is 16.4 Å². The van der Waals surface area contributed by atoms with Crippen molar-refractivity contribution >= 4 is 32.6 Å². The number of rotatable bonds is 4. The molecule has 0 bridgehead atoms. The Morgan fingerprint density at radius 3 is 2.65 bits per heavy atom. The third kappa shape index (κ3) is 2.64. The van der Waals surface area contributed by atoms with Gasteiger partial charge in [-0.1, -0.05) is 24.3 Å². The van der Waals surface area contributed by atoms with Gasteiger partial charge in [0.15, 0.2) is 0 Å². The smallest absolute Gasteiger partial charge is 0.340 e. The SMILES string of the molecule is O=C(O)c1c(NS(=O)(=O)c2ccccc2)ccc2c3c(cnc12)OCC3. The summed E-state index contributed by atoms with van der Waals surface area (Å²) >= 11 is 0. The first-order chi connectivity index (χ1) is 12.5. The lowest BCUT2D eigenvalue weighted by atomic mass is 10.0. The van der Waals surface area contributed by atoms with E-state index in [-0.39, 0.29) is 21.7 Å². The molecular weight excluding hydrogens is 356 g/mol. The summed E-state index contributed by atoms with van der Waals surface area (Å²) in [7, 11) is -3.92. The largest absolute Gasteiger partial charge is 0.491 e. The number of nitrogens with one attached hydrogen (secondary N) is 1. The van der Waals surface area contributed by atoms with E-state index in [1.807, 2.05) is 0 Å². The van der Waals surface area contributed by atoms with Crippen LogP contribution >= 0.6 is 0 Å². The van der Waals surface area contributed by atoms with Gasteiger partial charge in [-0.3, -0.25) is 9.71 Å². The van der Waals surface area contributed by atoms with E-state index in [9.17, 15) is 18.3 Å². The number of aromatic nitrogens is 1. The number of nitrogens with zero attached hydrogens (tertiary/aromatic N) is 1. The van der Waals surface area contributed by atoms with Crippen molar-refractivity contribution in [1.29, 1.82) is 0 Å². The van der Waals surface area contributed by atoms with Crippen LogP contribution in [0.15, 0.2) is 53.6 Å². The lowest BCUT2D eigenvalue weighted by Gasteiger charge is -2.13. The molecule has 3 aromatic rings. The second-order valence-electron chi connectivity index (χ2n) is 5.81. The van der Waals surface area contributed by atoms with Crippen LogP contribution in [0.1, 0.15) is 15.9 Å². The Hall–Kier alpha value is -3.13. The molecule has 132 valence electrons. The van der Waals surface area contributed by atoms with Gasteiger partial charge in [-0.2, -0.15) is 0 Å². The summed E-state index contributed by atoms with van der Waals surface area (Å²) < 4.78 is 32.9. The first-order valence-electron chi connectivity index (χ1n) is 7.86. The molecular formula is C18H14N2O5S. The van der Waals surface area contributed by atoms with Crippen LogP contribution in [0, 0.1) is 0 Å².